The Balaban J connectivity index is 1.43. The van der Waals surface area contributed by atoms with E-state index in [0.717, 1.165) is 36.4 Å². The summed E-state index contributed by atoms with van der Waals surface area (Å²) in [4.78, 5) is 21.1. The monoisotopic (exact) mass is 438 g/mol. The number of carbonyl (C=O) groups is 1. The Morgan fingerprint density at radius 1 is 1.03 bits per heavy atom. The van der Waals surface area contributed by atoms with Crippen molar-refractivity contribution in [2.75, 3.05) is 6.61 Å². The Hall–Kier alpha value is -2.43. The fraction of sp³-hybridized carbons (Fsp3) is 0.593. The predicted octanol–water partition coefficient (Wildman–Crippen LogP) is 6.40. The number of aromatic nitrogens is 2. The Kier molecular flexibility index (Phi) is 9.51. The van der Waals surface area contributed by atoms with Crippen molar-refractivity contribution < 1.29 is 14.3 Å². The van der Waals surface area contributed by atoms with Crippen molar-refractivity contribution in [3.05, 3.63) is 42.2 Å². The van der Waals surface area contributed by atoms with Gasteiger partial charge in [0.2, 0.25) is 0 Å². The zero-order valence-electron chi connectivity index (χ0n) is 19.9. The summed E-state index contributed by atoms with van der Waals surface area (Å²) >= 11 is 0. The third-order valence-electron chi connectivity index (χ3n) is 5.99. The molecule has 1 aromatic heterocycles. The summed E-state index contributed by atoms with van der Waals surface area (Å²) in [5, 5.41) is 0. The van der Waals surface area contributed by atoms with Gasteiger partial charge >= 0.3 is 5.97 Å². The zero-order valence-corrected chi connectivity index (χ0v) is 19.9. The topological polar surface area (TPSA) is 61.3 Å². The van der Waals surface area contributed by atoms with Crippen molar-refractivity contribution in [1.82, 2.24) is 9.97 Å². The van der Waals surface area contributed by atoms with Crippen molar-refractivity contribution in [2.24, 2.45) is 11.8 Å². The Morgan fingerprint density at radius 2 is 1.72 bits per heavy atom. The first-order chi connectivity index (χ1) is 15.5. The molecule has 32 heavy (non-hydrogen) atoms. The number of rotatable bonds is 13. The van der Waals surface area contributed by atoms with Crippen molar-refractivity contribution in [2.45, 2.75) is 84.7 Å². The van der Waals surface area contributed by atoms with E-state index in [2.05, 4.69) is 30.7 Å². The van der Waals surface area contributed by atoms with Gasteiger partial charge in [-0.3, -0.25) is 4.79 Å². The smallest absolute Gasteiger partial charge is 0.309 e. The molecule has 0 bridgehead atoms. The fourth-order valence-corrected chi connectivity index (χ4v) is 4.22. The molecule has 0 spiro atoms. The third-order valence-corrected chi connectivity index (χ3v) is 5.99. The lowest BCUT2D eigenvalue weighted by Gasteiger charge is -2.12. The highest BCUT2D eigenvalue weighted by Gasteiger charge is 2.34. The average Bonchev–Trinajstić information content (AvgIpc) is 3.14. The van der Waals surface area contributed by atoms with Gasteiger partial charge in [-0.15, -0.1) is 0 Å². The number of cyclic esters (lactones) is 1. The van der Waals surface area contributed by atoms with Crippen LogP contribution in [0.1, 0.15) is 77.7 Å². The highest BCUT2D eigenvalue weighted by atomic mass is 16.6. The number of aryl methyl sites for hydroxylation is 1. The predicted molar refractivity (Wildman–Crippen MR) is 127 cm³/mol. The van der Waals surface area contributed by atoms with E-state index < -0.39 is 0 Å². The highest BCUT2D eigenvalue weighted by molar-refractivity contribution is 5.74. The van der Waals surface area contributed by atoms with E-state index in [4.69, 9.17) is 9.47 Å². The number of carbonyl (C=O) groups excluding carboxylic acids is 1. The van der Waals surface area contributed by atoms with Crippen molar-refractivity contribution in [3.8, 4) is 17.1 Å². The minimum absolute atomic E-state index is 0.00662. The summed E-state index contributed by atoms with van der Waals surface area (Å²) in [6.45, 7) is 6.90. The molecular formula is C27H38N2O3. The minimum atomic E-state index is -0.159. The molecule has 2 aromatic rings. The maximum Gasteiger partial charge on any atom is 0.309 e. The van der Waals surface area contributed by atoms with E-state index in [9.17, 15) is 4.79 Å². The Morgan fingerprint density at radius 3 is 2.41 bits per heavy atom. The van der Waals surface area contributed by atoms with Crippen LogP contribution in [0.3, 0.4) is 0 Å². The Bertz CT molecular complexity index is 818. The lowest BCUT2D eigenvalue weighted by atomic mass is 9.94. The molecule has 1 fully saturated rings. The molecule has 1 aromatic carbocycles. The summed E-state index contributed by atoms with van der Waals surface area (Å²) in [5.74, 6) is 1.90. The van der Waals surface area contributed by atoms with E-state index in [1.807, 2.05) is 36.7 Å². The SMILES string of the molecule is CCCCCCCCc1cnc(-c2ccc(OC[C@@H]3C[C@H](CC(C)C)C(=O)O3)cc2)nc1. The molecule has 5 nitrogen and oxygen atoms in total. The zero-order chi connectivity index (χ0) is 22.8. The standard InChI is InChI=1S/C27H38N2O3/c1-4-5-6-7-8-9-10-21-17-28-26(29-18-21)22-11-13-24(14-12-22)31-19-25-16-23(15-20(2)3)27(30)32-25/h11-14,17-18,20,23,25H,4-10,15-16,19H2,1-3H3/t23-,25-/m0/s1. The molecule has 174 valence electrons. The molecule has 3 rings (SSSR count). The second kappa shape index (κ2) is 12.6. The van der Waals surface area contributed by atoms with E-state index in [1.165, 1.54) is 44.1 Å². The molecular weight excluding hydrogens is 400 g/mol. The van der Waals surface area contributed by atoms with Crippen LogP contribution in [0, 0.1) is 11.8 Å². The number of unbranched alkanes of at least 4 members (excludes halogenated alkanes) is 5. The number of benzene rings is 1. The summed E-state index contributed by atoms with van der Waals surface area (Å²) in [6.07, 6.45) is 14.2. The van der Waals surface area contributed by atoms with Crippen LogP contribution in [-0.4, -0.2) is 28.6 Å². The molecule has 0 saturated carbocycles. The lowest BCUT2D eigenvalue weighted by Crippen LogP contribution is -2.17. The largest absolute Gasteiger partial charge is 0.490 e. The summed E-state index contributed by atoms with van der Waals surface area (Å²) in [7, 11) is 0. The molecule has 0 aliphatic carbocycles. The van der Waals surface area contributed by atoms with Crippen LogP contribution >= 0.6 is 0 Å². The number of nitrogens with zero attached hydrogens (tertiary/aromatic N) is 2. The van der Waals surface area contributed by atoms with Gasteiger partial charge in [0, 0.05) is 24.4 Å². The van der Waals surface area contributed by atoms with Crippen LogP contribution in [-0.2, 0) is 16.0 Å². The van der Waals surface area contributed by atoms with Gasteiger partial charge < -0.3 is 9.47 Å². The van der Waals surface area contributed by atoms with Crippen molar-refractivity contribution in [1.29, 1.82) is 0 Å². The quantitative estimate of drug-likeness (QED) is 0.267. The van der Waals surface area contributed by atoms with E-state index in [0.29, 0.717) is 12.5 Å². The molecule has 1 saturated heterocycles. The molecule has 2 heterocycles. The van der Waals surface area contributed by atoms with Crippen molar-refractivity contribution >= 4 is 5.97 Å². The second-order valence-corrected chi connectivity index (χ2v) is 9.39. The van der Waals surface area contributed by atoms with Crippen LogP contribution in [0.15, 0.2) is 36.7 Å². The van der Waals surface area contributed by atoms with Gasteiger partial charge in [0.15, 0.2) is 5.82 Å². The molecule has 0 unspecified atom stereocenters. The molecule has 0 radical (unpaired) electrons. The fourth-order valence-electron chi connectivity index (χ4n) is 4.22. The third kappa shape index (κ3) is 7.61. The second-order valence-electron chi connectivity index (χ2n) is 9.39. The van der Waals surface area contributed by atoms with Gasteiger partial charge in [0.25, 0.3) is 0 Å². The van der Waals surface area contributed by atoms with Crippen LogP contribution in [0.5, 0.6) is 5.75 Å². The molecule has 1 aliphatic heterocycles. The van der Waals surface area contributed by atoms with Gasteiger partial charge in [-0.05, 0) is 55.0 Å². The summed E-state index contributed by atoms with van der Waals surface area (Å²) < 4.78 is 11.3. The first kappa shape index (κ1) is 24.2. The van der Waals surface area contributed by atoms with E-state index >= 15 is 0 Å². The maximum atomic E-state index is 12.0. The molecule has 0 N–H and O–H groups in total. The van der Waals surface area contributed by atoms with Crippen LogP contribution in [0.25, 0.3) is 11.4 Å². The molecule has 1 aliphatic rings. The normalized spacial score (nSPS) is 18.2. The first-order valence-corrected chi connectivity index (χ1v) is 12.3. The minimum Gasteiger partial charge on any atom is -0.490 e. The highest BCUT2D eigenvalue weighted by Crippen LogP contribution is 2.28. The number of ether oxygens (including phenoxy) is 2. The van der Waals surface area contributed by atoms with Gasteiger partial charge in [-0.25, -0.2) is 9.97 Å². The number of hydrogen-bond donors (Lipinski definition) is 0. The number of hydrogen-bond acceptors (Lipinski definition) is 5. The van der Waals surface area contributed by atoms with Crippen LogP contribution in [0.2, 0.25) is 0 Å². The van der Waals surface area contributed by atoms with Gasteiger partial charge in [-0.2, -0.15) is 0 Å². The summed E-state index contributed by atoms with van der Waals surface area (Å²) in [6, 6.07) is 7.79. The summed E-state index contributed by atoms with van der Waals surface area (Å²) in [5.41, 5.74) is 2.17. The molecule has 5 heteroatoms. The molecule has 2 atom stereocenters. The average molecular weight is 439 g/mol. The Labute approximate surface area is 193 Å². The number of esters is 1. The van der Waals surface area contributed by atoms with E-state index in [1.54, 1.807) is 0 Å². The van der Waals surface area contributed by atoms with Gasteiger partial charge in [0.1, 0.15) is 18.5 Å². The van der Waals surface area contributed by atoms with Gasteiger partial charge in [-0.1, -0.05) is 52.9 Å². The first-order valence-electron chi connectivity index (χ1n) is 12.3. The van der Waals surface area contributed by atoms with E-state index in [-0.39, 0.29) is 18.0 Å². The van der Waals surface area contributed by atoms with Crippen LogP contribution < -0.4 is 4.74 Å². The molecule has 0 amide bonds. The van der Waals surface area contributed by atoms with Gasteiger partial charge in [0.05, 0.1) is 5.92 Å². The van der Waals surface area contributed by atoms with Crippen LogP contribution in [0.4, 0.5) is 0 Å². The lowest BCUT2D eigenvalue weighted by molar-refractivity contribution is -0.145. The maximum absolute atomic E-state index is 12.0. The van der Waals surface area contributed by atoms with Crippen molar-refractivity contribution in [3.63, 3.8) is 0 Å².